The molecule has 20 heavy (non-hydrogen) atoms. The van der Waals surface area contributed by atoms with Gasteiger partial charge in [0.05, 0.1) is 12.2 Å². The Morgan fingerprint density at radius 1 is 1.40 bits per heavy atom. The van der Waals surface area contributed by atoms with Crippen LogP contribution in [0.1, 0.15) is 15.2 Å². The van der Waals surface area contributed by atoms with Crippen molar-refractivity contribution < 1.29 is 4.79 Å². The molecule has 0 atom stereocenters. The van der Waals surface area contributed by atoms with Crippen molar-refractivity contribution in [3.63, 3.8) is 0 Å². The lowest BCUT2D eigenvalue weighted by molar-refractivity contribution is 0.0951. The maximum Gasteiger partial charge on any atom is 0.251 e. The number of hydrogen-bond acceptors (Lipinski definition) is 4. The van der Waals surface area contributed by atoms with Gasteiger partial charge < -0.3 is 10.2 Å². The summed E-state index contributed by atoms with van der Waals surface area (Å²) in [5.41, 5.74) is 1.89. The highest BCUT2D eigenvalue weighted by Crippen LogP contribution is 2.34. The van der Waals surface area contributed by atoms with E-state index in [1.807, 2.05) is 41.4 Å². The number of carbonyl (C=O) groups excluding carboxylic acids is 1. The minimum Gasteiger partial charge on any atom is -0.373 e. The molecule has 3 nitrogen and oxygen atoms in total. The minimum absolute atomic E-state index is 0.00910. The van der Waals surface area contributed by atoms with Crippen LogP contribution in [0.4, 0.5) is 5.69 Å². The van der Waals surface area contributed by atoms with Crippen molar-refractivity contribution in [3.05, 3.63) is 46.2 Å². The van der Waals surface area contributed by atoms with Crippen molar-refractivity contribution in [2.75, 3.05) is 24.2 Å². The van der Waals surface area contributed by atoms with E-state index in [4.69, 9.17) is 0 Å². The molecule has 1 aromatic heterocycles. The lowest BCUT2D eigenvalue weighted by Gasteiger charge is -2.27. The van der Waals surface area contributed by atoms with Gasteiger partial charge in [-0.15, -0.1) is 23.1 Å². The summed E-state index contributed by atoms with van der Waals surface area (Å²) in [6.45, 7) is 1.62. The molecule has 2 aromatic rings. The third kappa shape index (κ3) is 2.83. The summed E-state index contributed by atoms with van der Waals surface area (Å²) in [7, 11) is 2.08. The molecule has 1 aromatic carbocycles. The van der Waals surface area contributed by atoms with Crippen LogP contribution in [-0.2, 0) is 6.54 Å². The van der Waals surface area contributed by atoms with Crippen LogP contribution in [-0.4, -0.2) is 25.3 Å². The Kier molecular flexibility index (Phi) is 3.98. The van der Waals surface area contributed by atoms with E-state index in [9.17, 15) is 4.79 Å². The zero-order valence-corrected chi connectivity index (χ0v) is 12.9. The lowest BCUT2D eigenvalue weighted by Crippen LogP contribution is -2.26. The highest BCUT2D eigenvalue weighted by molar-refractivity contribution is 7.99. The molecule has 0 unspecified atom stereocenters. The van der Waals surface area contributed by atoms with Crippen LogP contribution in [0.5, 0.6) is 0 Å². The maximum atomic E-state index is 12.2. The van der Waals surface area contributed by atoms with E-state index in [1.165, 1.54) is 9.77 Å². The van der Waals surface area contributed by atoms with Crippen LogP contribution < -0.4 is 10.2 Å². The summed E-state index contributed by atoms with van der Waals surface area (Å²) in [5, 5.41) is 4.99. The van der Waals surface area contributed by atoms with Crippen LogP contribution in [0.3, 0.4) is 0 Å². The van der Waals surface area contributed by atoms with Crippen LogP contribution >= 0.6 is 23.1 Å². The summed E-state index contributed by atoms with van der Waals surface area (Å²) in [6.07, 6.45) is 0. The number of nitrogens with zero attached hydrogens (tertiary/aromatic N) is 1. The van der Waals surface area contributed by atoms with Gasteiger partial charge in [0.1, 0.15) is 0 Å². The average Bonchev–Trinajstić information content (AvgIpc) is 2.98. The second-order valence-corrected chi connectivity index (χ2v) is 6.88. The number of rotatable bonds is 3. The normalized spacial score (nSPS) is 13.9. The van der Waals surface area contributed by atoms with E-state index in [0.717, 1.165) is 23.5 Å². The molecule has 1 aliphatic heterocycles. The van der Waals surface area contributed by atoms with Crippen molar-refractivity contribution in [2.24, 2.45) is 0 Å². The zero-order valence-electron chi connectivity index (χ0n) is 11.3. The zero-order chi connectivity index (χ0) is 13.9. The number of benzene rings is 1. The fourth-order valence-electron chi connectivity index (χ4n) is 2.17. The molecule has 5 heteroatoms. The van der Waals surface area contributed by atoms with Gasteiger partial charge in [-0.3, -0.25) is 4.79 Å². The molecule has 0 fully saturated rings. The Labute approximate surface area is 127 Å². The Morgan fingerprint density at radius 2 is 2.30 bits per heavy atom. The summed E-state index contributed by atoms with van der Waals surface area (Å²) in [4.78, 5) is 16.8. The molecule has 0 bridgehead atoms. The maximum absolute atomic E-state index is 12.2. The molecule has 0 saturated heterocycles. The van der Waals surface area contributed by atoms with Gasteiger partial charge in [0.15, 0.2) is 0 Å². The number of fused-ring (bicyclic) bond motifs is 1. The number of thioether (sulfide) groups is 1. The van der Waals surface area contributed by atoms with Gasteiger partial charge in [0.25, 0.3) is 5.91 Å². The van der Waals surface area contributed by atoms with E-state index in [2.05, 4.69) is 23.3 Å². The number of anilines is 1. The molecule has 0 aliphatic carbocycles. The number of nitrogens with one attached hydrogen (secondary N) is 1. The van der Waals surface area contributed by atoms with Crippen molar-refractivity contribution in [1.82, 2.24) is 5.32 Å². The first-order chi connectivity index (χ1) is 9.74. The molecule has 1 N–H and O–H groups in total. The summed E-state index contributed by atoms with van der Waals surface area (Å²) in [6, 6.07) is 9.98. The Morgan fingerprint density at radius 3 is 3.10 bits per heavy atom. The summed E-state index contributed by atoms with van der Waals surface area (Å²) in [5.74, 6) is 1.10. The first kappa shape index (κ1) is 13.5. The van der Waals surface area contributed by atoms with Gasteiger partial charge in [0.2, 0.25) is 0 Å². The summed E-state index contributed by atoms with van der Waals surface area (Å²) < 4.78 is 0. The Bertz CT molecular complexity index is 610. The molecule has 1 amide bonds. The molecule has 0 radical (unpaired) electrons. The SMILES string of the molecule is CN1CCSc2ccc(C(=O)NCc3cccs3)cc21. The molecule has 0 spiro atoms. The first-order valence-electron chi connectivity index (χ1n) is 6.52. The van der Waals surface area contributed by atoms with Gasteiger partial charge in [-0.25, -0.2) is 0 Å². The molecule has 104 valence electrons. The predicted octanol–water partition coefficient (Wildman–Crippen LogP) is 3.22. The van der Waals surface area contributed by atoms with Gasteiger partial charge in [-0.1, -0.05) is 6.07 Å². The topological polar surface area (TPSA) is 32.3 Å². The first-order valence-corrected chi connectivity index (χ1v) is 8.39. The highest BCUT2D eigenvalue weighted by Gasteiger charge is 2.16. The number of hydrogen-bond donors (Lipinski definition) is 1. The molecule has 2 heterocycles. The standard InChI is InChI=1S/C15H16N2OS2/c1-17-6-8-20-14-5-4-11(9-13(14)17)15(18)16-10-12-3-2-7-19-12/h2-5,7,9H,6,8,10H2,1H3,(H,16,18). The van der Waals surface area contributed by atoms with Crippen LogP contribution in [0.15, 0.2) is 40.6 Å². The number of amides is 1. The molecular formula is C15H16N2OS2. The number of carbonyl (C=O) groups is 1. The van der Waals surface area contributed by atoms with E-state index < -0.39 is 0 Å². The van der Waals surface area contributed by atoms with Gasteiger partial charge in [0, 0.05) is 34.7 Å². The third-order valence-corrected chi connectivity index (χ3v) is 5.24. The second-order valence-electron chi connectivity index (χ2n) is 4.71. The van der Waals surface area contributed by atoms with Crippen molar-refractivity contribution in [1.29, 1.82) is 0 Å². The van der Waals surface area contributed by atoms with E-state index in [0.29, 0.717) is 6.54 Å². The van der Waals surface area contributed by atoms with Crippen LogP contribution in [0, 0.1) is 0 Å². The smallest absolute Gasteiger partial charge is 0.251 e. The fourth-order valence-corrected chi connectivity index (χ4v) is 3.93. The Hall–Kier alpha value is -1.46. The van der Waals surface area contributed by atoms with Crippen molar-refractivity contribution >= 4 is 34.7 Å². The quantitative estimate of drug-likeness (QED) is 0.945. The van der Waals surface area contributed by atoms with E-state index >= 15 is 0 Å². The highest BCUT2D eigenvalue weighted by atomic mass is 32.2. The van der Waals surface area contributed by atoms with E-state index in [1.54, 1.807) is 11.3 Å². The number of thiophene rings is 1. The van der Waals surface area contributed by atoms with Crippen LogP contribution in [0.2, 0.25) is 0 Å². The molecular weight excluding hydrogens is 288 g/mol. The van der Waals surface area contributed by atoms with E-state index in [-0.39, 0.29) is 5.91 Å². The van der Waals surface area contributed by atoms with Crippen LogP contribution in [0.25, 0.3) is 0 Å². The minimum atomic E-state index is -0.00910. The largest absolute Gasteiger partial charge is 0.373 e. The Balaban J connectivity index is 1.73. The predicted molar refractivity (Wildman–Crippen MR) is 85.9 cm³/mol. The molecule has 0 saturated carbocycles. The van der Waals surface area contributed by atoms with Crippen molar-refractivity contribution in [2.45, 2.75) is 11.4 Å². The fraction of sp³-hybridized carbons (Fsp3) is 0.267. The molecule has 3 rings (SSSR count). The third-order valence-electron chi connectivity index (χ3n) is 3.32. The second kappa shape index (κ2) is 5.89. The van der Waals surface area contributed by atoms with Gasteiger partial charge in [-0.05, 0) is 29.6 Å². The van der Waals surface area contributed by atoms with Gasteiger partial charge >= 0.3 is 0 Å². The molecule has 1 aliphatic rings. The lowest BCUT2D eigenvalue weighted by atomic mass is 10.1. The average molecular weight is 304 g/mol. The summed E-state index contributed by atoms with van der Waals surface area (Å²) >= 11 is 3.51. The van der Waals surface area contributed by atoms with Gasteiger partial charge in [-0.2, -0.15) is 0 Å². The monoisotopic (exact) mass is 304 g/mol. The van der Waals surface area contributed by atoms with Crippen molar-refractivity contribution in [3.8, 4) is 0 Å².